The van der Waals surface area contributed by atoms with Gasteiger partial charge in [-0.2, -0.15) is 0 Å². The predicted octanol–water partition coefficient (Wildman–Crippen LogP) is -0.0763. The molecule has 8 heteroatoms. The third kappa shape index (κ3) is 7.24. The van der Waals surface area contributed by atoms with Crippen molar-refractivity contribution in [3.05, 3.63) is 0 Å². The molecule has 0 aromatic carbocycles. The molecule has 6 nitrogen and oxygen atoms in total. The van der Waals surface area contributed by atoms with Crippen LogP contribution in [0.1, 0.15) is 26.7 Å². The van der Waals surface area contributed by atoms with Gasteiger partial charge in [0, 0.05) is 0 Å². The molecule has 0 aromatic rings. The van der Waals surface area contributed by atoms with Crippen molar-refractivity contribution in [2.75, 3.05) is 12.4 Å². The summed E-state index contributed by atoms with van der Waals surface area (Å²) in [4.78, 5) is 11.1. The van der Waals surface area contributed by atoms with Crippen molar-refractivity contribution in [2.45, 2.75) is 32.7 Å². The van der Waals surface area contributed by atoms with Gasteiger partial charge < -0.3 is 10.5 Å². The van der Waals surface area contributed by atoms with Crippen LogP contribution in [0.15, 0.2) is 0 Å². The summed E-state index contributed by atoms with van der Waals surface area (Å²) in [5, 5.41) is 0. The summed E-state index contributed by atoms with van der Waals surface area (Å²) >= 11 is 4.72. The number of ether oxygens (including phenoxy) is 1. The molecule has 0 heterocycles. The zero-order valence-electron chi connectivity index (χ0n) is 9.93. The van der Waals surface area contributed by atoms with Crippen LogP contribution in [-0.2, 0) is 19.6 Å². The van der Waals surface area contributed by atoms with Gasteiger partial charge in [0.05, 0.1) is 29.8 Å². The summed E-state index contributed by atoms with van der Waals surface area (Å²) in [6, 6.07) is -0.572. The number of carbonyl (C=O) groups is 1. The minimum absolute atomic E-state index is 0.0900. The molecule has 0 aliphatic heterocycles. The minimum atomic E-state index is -3.57. The van der Waals surface area contributed by atoms with E-state index in [-0.39, 0.29) is 23.8 Å². The number of nitrogens with two attached hydrogens (primary N) is 1. The van der Waals surface area contributed by atoms with Gasteiger partial charge in [0.25, 0.3) is 0 Å². The van der Waals surface area contributed by atoms with Gasteiger partial charge in [-0.15, -0.1) is 0 Å². The van der Waals surface area contributed by atoms with Gasteiger partial charge in [0.2, 0.25) is 10.0 Å². The van der Waals surface area contributed by atoms with Crippen molar-refractivity contribution in [1.29, 1.82) is 0 Å². The maximum atomic E-state index is 11.6. The Morgan fingerprint density at radius 2 is 2.06 bits per heavy atom. The Morgan fingerprint density at radius 3 is 2.47 bits per heavy atom. The lowest BCUT2D eigenvalue weighted by molar-refractivity contribution is -0.142. The van der Waals surface area contributed by atoms with Gasteiger partial charge in [0.15, 0.2) is 0 Å². The zero-order valence-corrected chi connectivity index (χ0v) is 11.6. The Morgan fingerprint density at radius 1 is 1.47 bits per heavy atom. The van der Waals surface area contributed by atoms with E-state index >= 15 is 0 Å². The fourth-order valence-electron chi connectivity index (χ4n) is 1.07. The van der Waals surface area contributed by atoms with Gasteiger partial charge in [0.1, 0.15) is 0 Å². The maximum absolute atomic E-state index is 11.6. The summed E-state index contributed by atoms with van der Waals surface area (Å²) in [7, 11) is -3.57. The van der Waals surface area contributed by atoms with Crippen LogP contribution < -0.4 is 10.5 Å². The minimum Gasteiger partial charge on any atom is -0.466 e. The lowest BCUT2D eigenvalue weighted by atomic mass is 10.2. The van der Waals surface area contributed by atoms with E-state index < -0.39 is 22.0 Å². The predicted molar refractivity (Wildman–Crippen MR) is 69.0 cm³/mol. The molecule has 17 heavy (non-hydrogen) atoms. The zero-order chi connectivity index (χ0) is 13.5. The van der Waals surface area contributed by atoms with Gasteiger partial charge in [-0.05, 0) is 13.3 Å². The van der Waals surface area contributed by atoms with Gasteiger partial charge in [-0.3, -0.25) is 4.79 Å². The van der Waals surface area contributed by atoms with Crippen LogP contribution in [0.2, 0.25) is 0 Å². The number of esters is 1. The standard InChI is InChI=1S/C9H18N2O4S2/c1-3-7(9(10)16)11-17(13,14)6-5-8(12)15-4-2/h7,11H,3-6H2,1-2H3,(H2,10,16). The molecule has 0 aliphatic carbocycles. The lowest BCUT2D eigenvalue weighted by Crippen LogP contribution is -2.44. The molecule has 0 spiro atoms. The van der Waals surface area contributed by atoms with Crippen molar-refractivity contribution >= 4 is 33.2 Å². The summed E-state index contributed by atoms with van der Waals surface area (Å²) in [6.07, 6.45) is 0.283. The first-order valence-electron chi connectivity index (χ1n) is 5.27. The highest BCUT2D eigenvalue weighted by Crippen LogP contribution is 1.98. The fourth-order valence-corrected chi connectivity index (χ4v) is 2.65. The van der Waals surface area contributed by atoms with Crippen LogP contribution in [-0.4, -0.2) is 37.8 Å². The largest absolute Gasteiger partial charge is 0.466 e. The molecule has 1 unspecified atom stereocenters. The summed E-state index contributed by atoms with van der Waals surface area (Å²) < 4.78 is 30.1. The number of nitrogens with one attached hydrogen (secondary N) is 1. The van der Waals surface area contributed by atoms with Gasteiger partial charge in [-0.1, -0.05) is 19.1 Å². The van der Waals surface area contributed by atoms with E-state index in [1.807, 2.05) is 0 Å². The Bertz CT molecular complexity index is 367. The quantitative estimate of drug-likeness (QED) is 0.477. The highest BCUT2D eigenvalue weighted by atomic mass is 32.2. The third-order valence-electron chi connectivity index (χ3n) is 1.95. The highest BCUT2D eigenvalue weighted by molar-refractivity contribution is 7.89. The van der Waals surface area contributed by atoms with Gasteiger partial charge in [-0.25, -0.2) is 13.1 Å². The first-order chi connectivity index (χ1) is 7.82. The topological polar surface area (TPSA) is 98.5 Å². The van der Waals surface area contributed by atoms with E-state index in [0.717, 1.165) is 0 Å². The monoisotopic (exact) mass is 282 g/mol. The molecule has 100 valence electrons. The number of sulfonamides is 1. The summed E-state index contributed by atoms with van der Waals surface area (Å²) in [6.45, 7) is 3.65. The molecule has 1 atom stereocenters. The highest BCUT2D eigenvalue weighted by Gasteiger charge is 2.19. The summed E-state index contributed by atoms with van der Waals surface area (Å²) in [5.41, 5.74) is 5.37. The van der Waals surface area contributed by atoms with Gasteiger partial charge >= 0.3 is 5.97 Å². The number of hydrogen-bond acceptors (Lipinski definition) is 5. The molecule has 0 aliphatic rings. The van der Waals surface area contributed by atoms with Crippen LogP contribution in [0.5, 0.6) is 0 Å². The SMILES string of the molecule is CCOC(=O)CCS(=O)(=O)NC(CC)C(N)=S. The molecule has 0 saturated carbocycles. The van der Waals surface area contributed by atoms with Crippen molar-refractivity contribution in [1.82, 2.24) is 4.72 Å². The number of carbonyl (C=O) groups excluding carboxylic acids is 1. The molecule has 0 fully saturated rings. The maximum Gasteiger partial charge on any atom is 0.306 e. The van der Waals surface area contributed by atoms with Crippen LogP contribution >= 0.6 is 12.2 Å². The third-order valence-corrected chi connectivity index (χ3v) is 3.62. The number of thiocarbonyl (C=S) groups is 1. The van der Waals surface area contributed by atoms with E-state index in [4.69, 9.17) is 18.0 Å². The average molecular weight is 282 g/mol. The first-order valence-corrected chi connectivity index (χ1v) is 7.33. The van der Waals surface area contributed by atoms with E-state index in [2.05, 4.69) is 9.46 Å². The summed E-state index contributed by atoms with van der Waals surface area (Å²) in [5.74, 6) is -0.869. The molecule has 0 saturated heterocycles. The molecule has 0 aromatic heterocycles. The average Bonchev–Trinajstić information content (AvgIpc) is 2.23. The molecular weight excluding hydrogens is 264 g/mol. The van der Waals surface area contributed by atoms with E-state index in [1.165, 1.54) is 0 Å². The van der Waals surface area contributed by atoms with Crippen LogP contribution in [0.3, 0.4) is 0 Å². The molecule has 0 radical (unpaired) electrons. The number of hydrogen-bond donors (Lipinski definition) is 2. The first kappa shape index (κ1) is 16.3. The Hall–Kier alpha value is -0.730. The molecule has 0 rings (SSSR count). The molecular formula is C9H18N2O4S2. The second-order valence-electron chi connectivity index (χ2n) is 3.35. The Kier molecular flexibility index (Phi) is 7.24. The molecule has 0 amide bonds. The van der Waals surface area contributed by atoms with Crippen LogP contribution in [0, 0.1) is 0 Å². The van der Waals surface area contributed by atoms with Crippen molar-refractivity contribution < 1.29 is 17.9 Å². The number of rotatable bonds is 8. The second-order valence-corrected chi connectivity index (χ2v) is 5.70. The van der Waals surface area contributed by atoms with Crippen molar-refractivity contribution in [3.63, 3.8) is 0 Å². The lowest BCUT2D eigenvalue weighted by Gasteiger charge is -2.15. The molecule has 0 bridgehead atoms. The smallest absolute Gasteiger partial charge is 0.306 e. The van der Waals surface area contributed by atoms with E-state index in [1.54, 1.807) is 13.8 Å². The molecule has 3 N–H and O–H groups in total. The Balaban J connectivity index is 4.29. The van der Waals surface area contributed by atoms with Crippen molar-refractivity contribution in [3.8, 4) is 0 Å². The van der Waals surface area contributed by atoms with Crippen LogP contribution in [0.4, 0.5) is 0 Å². The van der Waals surface area contributed by atoms with E-state index in [0.29, 0.717) is 6.42 Å². The van der Waals surface area contributed by atoms with E-state index in [9.17, 15) is 13.2 Å². The van der Waals surface area contributed by atoms with Crippen LogP contribution in [0.25, 0.3) is 0 Å². The second kappa shape index (κ2) is 7.57. The Labute approximate surface area is 107 Å². The van der Waals surface area contributed by atoms with Crippen molar-refractivity contribution in [2.24, 2.45) is 5.73 Å². The normalized spacial score (nSPS) is 13.1. The fraction of sp³-hybridized carbons (Fsp3) is 0.778.